The molecule has 0 saturated heterocycles. The van der Waals surface area contributed by atoms with Gasteiger partial charge in [-0.1, -0.05) is 0 Å². The minimum absolute atomic E-state index is 0.337. The maximum atomic E-state index is 9.00. The van der Waals surface area contributed by atoms with E-state index >= 15 is 0 Å². The van der Waals surface area contributed by atoms with E-state index in [0.717, 1.165) is 6.92 Å². The molecule has 0 aliphatic carbocycles. The summed E-state index contributed by atoms with van der Waals surface area (Å²) in [5.41, 5.74) is 0. The molecule has 0 aliphatic rings. The molecule has 1 unspecified atom stereocenters. The lowest BCUT2D eigenvalue weighted by Gasteiger charge is -1.99. The Bertz CT molecular complexity index is 74.1. The van der Waals surface area contributed by atoms with Crippen molar-refractivity contribution in [3.05, 3.63) is 0 Å². The average Bonchev–Trinajstić information content (AvgIpc) is 1.85. The lowest BCUT2D eigenvalue weighted by molar-refractivity contribution is -0.134. The van der Waals surface area contributed by atoms with Gasteiger partial charge in [0.05, 0.1) is 6.61 Å². The van der Waals surface area contributed by atoms with E-state index in [2.05, 4.69) is 4.74 Å². The number of carboxylic acid groups (broad SMARTS) is 1. The first-order chi connectivity index (χ1) is 4.54. The van der Waals surface area contributed by atoms with Crippen molar-refractivity contribution in [2.75, 3.05) is 13.7 Å². The van der Waals surface area contributed by atoms with E-state index in [-0.39, 0.29) is 6.61 Å². The minimum atomic E-state index is -1.01. The number of ether oxygens (including phenoxy) is 1. The Balaban J connectivity index is 0. The van der Waals surface area contributed by atoms with E-state index in [0.29, 0.717) is 0 Å². The molecule has 1 atom stereocenters. The van der Waals surface area contributed by atoms with E-state index < -0.39 is 12.3 Å². The third kappa shape index (κ3) is 26.4. The standard InChI is InChI=1S/C3H8O3.C2H4O2/c1-6-3(5)2-4;1-2(3)4/h3-5H,2H2,1H3;1H3,(H,3,4). The number of aliphatic hydroxyl groups is 2. The van der Waals surface area contributed by atoms with Crippen LogP contribution in [0, 0.1) is 0 Å². The number of hydrogen-bond acceptors (Lipinski definition) is 4. The first kappa shape index (κ1) is 12.1. The van der Waals surface area contributed by atoms with Gasteiger partial charge in [0.2, 0.25) is 0 Å². The van der Waals surface area contributed by atoms with Crippen LogP contribution in [0.25, 0.3) is 0 Å². The van der Waals surface area contributed by atoms with Crippen molar-refractivity contribution in [1.82, 2.24) is 0 Å². The smallest absolute Gasteiger partial charge is 0.300 e. The van der Waals surface area contributed by atoms with Crippen LogP contribution in [-0.4, -0.2) is 41.3 Å². The topological polar surface area (TPSA) is 87.0 Å². The molecule has 5 nitrogen and oxygen atoms in total. The van der Waals surface area contributed by atoms with Gasteiger partial charge in [0.1, 0.15) is 0 Å². The first-order valence-electron chi connectivity index (χ1n) is 2.55. The minimum Gasteiger partial charge on any atom is -0.481 e. The maximum absolute atomic E-state index is 9.00. The molecule has 0 amide bonds. The van der Waals surface area contributed by atoms with Crippen molar-refractivity contribution in [3.8, 4) is 0 Å². The summed E-state index contributed by atoms with van der Waals surface area (Å²) in [7, 11) is 1.32. The zero-order valence-corrected chi connectivity index (χ0v) is 5.94. The van der Waals surface area contributed by atoms with Crippen molar-refractivity contribution >= 4 is 5.97 Å². The molecule has 0 rings (SSSR count). The number of aliphatic hydroxyl groups excluding tert-OH is 2. The second-order valence-electron chi connectivity index (χ2n) is 1.39. The Kier molecular flexibility index (Phi) is 10.1. The van der Waals surface area contributed by atoms with Crippen LogP contribution in [0.5, 0.6) is 0 Å². The molecule has 3 N–H and O–H groups in total. The fourth-order valence-corrected chi connectivity index (χ4v) is 0.0745. The summed E-state index contributed by atoms with van der Waals surface area (Å²) < 4.78 is 4.20. The SMILES string of the molecule is CC(=O)O.COC(O)CO. The van der Waals surface area contributed by atoms with Gasteiger partial charge in [0.15, 0.2) is 6.29 Å². The van der Waals surface area contributed by atoms with Gasteiger partial charge in [-0.15, -0.1) is 0 Å². The highest BCUT2D eigenvalue weighted by Gasteiger charge is 1.92. The maximum Gasteiger partial charge on any atom is 0.300 e. The average molecular weight is 152 g/mol. The number of carboxylic acids is 1. The van der Waals surface area contributed by atoms with Gasteiger partial charge in [0, 0.05) is 14.0 Å². The summed E-state index contributed by atoms with van der Waals surface area (Å²) in [4.78, 5) is 9.00. The fraction of sp³-hybridized carbons (Fsp3) is 0.800. The van der Waals surface area contributed by atoms with Crippen LogP contribution in [-0.2, 0) is 9.53 Å². The van der Waals surface area contributed by atoms with Crippen molar-refractivity contribution in [2.45, 2.75) is 13.2 Å². The highest BCUT2D eigenvalue weighted by atomic mass is 16.6. The van der Waals surface area contributed by atoms with E-state index in [1.807, 2.05) is 0 Å². The highest BCUT2D eigenvalue weighted by molar-refractivity contribution is 5.62. The number of rotatable bonds is 2. The van der Waals surface area contributed by atoms with Crippen LogP contribution in [0.4, 0.5) is 0 Å². The molecule has 0 aliphatic heterocycles. The summed E-state index contributed by atoms with van der Waals surface area (Å²) in [5.74, 6) is -0.833. The van der Waals surface area contributed by atoms with Gasteiger partial charge in [-0.05, 0) is 0 Å². The van der Waals surface area contributed by atoms with Crippen LogP contribution in [0.2, 0.25) is 0 Å². The normalized spacial score (nSPS) is 11.2. The molecule has 0 aromatic rings. The van der Waals surface area contributed by atoms with Gasteiger partial charge in [0.25, 0.3) is 5.97 Å². The van der Waals surface area contributed by atoms with Crippen LogP contribution in [0.15, 0.2) is 0 Å². The Morgan fingerprint density at radius 3 is 2.00 bits per heavy atom. The summed E-state index contributed by atoms with van der Waals surface area (Å²) >= 11 is 0. The third-order valence-corrected chi connectivity index (χ3v) is 0.428. The van der Waals surface area contributed by atoms with Crippen LogP contribution >= 0.6 is 0 Å². The second kappa shape index (κ2) is 8.35. The second-order valence-corrected chi connectivity index (χ2v) is 1.39. The van der Waals surface area contributed by atoms with Gasteiger partial charge < -0.3 is 20.1 Å². The Hall–Kier alpha value is -0.650. The fourth-order valence-electron chi connectivity index (χ4n) is 0.0745. The molecule has 62 valence electrons. The zero-order valence-electron chi connectivity index (χ0n) is 5.94. The quantitative estimate of drug-likeness (QED) is 0.443. The van der Waals surface area contributed by atoms with Crippen molar-refractivity contribution < 1.29 is 24.9 Å². The van der Waals surface area contributed by atoms with Crippen LogP contribution in [0.1, 0.15) is 6.92 Å². The zero-order chi connectivity index (χ0) is 8.57. The molecule has 0 aromatic heterocycles. The molecular weight excluding hydrogens is 140 g/mol. The number of methoxy groups -OCH3 is 1. The van der Waals surface area contributed by atoms with E-state index in [9.17, 15) is 0 Å². The summed E-state index contributed by atoms with van der Waals surface area (Å²) in [6, 6.07) is 0. The predicted octanol–water partition coefficient (Wildman–Crippen LogP) is -0.966. The largest absolute Gasteiger partial charge is 0.481 e. The Morgan fingerprint density at radius 2 is 2.00 bits per heavy atom. The molecule has 0 heterocycles. The van der Waals surface area contributed by atoms with Crippen LogP contribution in [0.3, 0.4) is 0 Å². The monoisotopic (exact) mass is 152 g/mol. The van der Waals surface area contributed by atoms with Gasteiger partial charge >= 0.3 is 0 Å². The predicted molar refractivity (Wildman–Crippen MR) is 33.4 cm³/mol. The first-order valence-corrected chi connectivity index (χ1v) is 2.55. The van der Waals surface area contributed by atoms with Gasteiger partial charge in [-0.3, -0.25) is 4.79 Å². The summed E-state index contributed by atoms with van der Waals surface area (Å²) in [6.07, 6.45) is -1.01. The van der Waals surface area contributed by atoms with Crippen molar-refractivity contribution in [2.24, 2.45) is 0 Å². The van der Waals surface area contributed by atoms with Crippen LogP contribution < -0.4 is 0 Å². The molecule has 0 radical (unpaired) electrons. The molecule has 0 fully saturated rings. The van der Waals surface area contributed by atoms with Crippen molar-refractivity contribution in [3.63, 3.8) is 0 Å². The third-order valence-electron chi connectivity index (χ3n) is 0.428. The number of carbonyl (C=O) groups is 1. The van der Waals surface area contributed by atoms with Crippen molar-refractivity contribution in [1.29, 1.82) is 0 Å². The summed E-state index contributed by atoms with van der Waals surface area (Å²) in [6.45, 7) is 0.747. The Morgan fingerprint density at radius 1 is 1.70 bits per heavy atom. The molecule has 0 aromatic carbocycles. The molecule has 0 bridgehead atoms. The highest BCUT2D eigenvalue weighted by Crippen LogP contribution is 1.75. The molecule has 5 heteroatoms. The summed E-state index contributed by atoms with van der Waals surface area (Å²) in [5, 5.41) is 23.6. The Labute approximate surface area is 58.9 Å². The van der Waals surface area contributed by atoms with Gasteiger partial charge in [-0.2, -0.15) is 0 Å². The van der Waals surface area contributed by atoms with E-state index in [1.165, 1.54) is 7.11 Å². The van der Waals surface area contributed by atoms with E-state index in [1.54, 1.807) is 0 Å². The molecule has 0 spiro atoms. The number of hydrogen-bond donors (Lipinski definition) is 3. The lowest BCUT2D eigenvalue weighted by Crippen LogP contribution is -2.12. The lowest BCUT2D eigenvalue weighted by atomic mass is 10.7. The number of aliphatic carboxylic acids is 1. The molecular formula is C5H12O5. The van der Waals surface area contributed by atoms with E-state index in [4.69, 9.17) is 20.1 Å². The van der Waals surface area contributed by atoms with Gasteiger partial charge in [-0.25, -0.2) is 0 Å². The molecule has 0 saturated carbocycles. The molecule has 10 heavy (non-hydrogen) atoms.